The fourth-order valence-corrected chi connectivity index (χ4v) is 1.78. The van der Waals surface area contributed by atoms with Crippen LogP contribution in [0.2, 0.25) is 0 Å². The number of benzene rings is 1. The molecule has 0 atom stereocenters. The van der Waals surface area contributed by atoms with Crippen molar-refractivity contribution in [3.63, 3.8) is 0 Å². The SMILES string of the molecule is CCOC(=O)C(=Cc1cccc(OC)c1OC)CC(=O)O. The van der Waals surface area contributed by atoms with Crippen molar-refractivity contribution in [3.05, 3.63) is 29.3 Å². The third-order valence-corrected chi connectivity index (χ3v) is 2.64. The number of carboxylic acids is 1. The maximum Gasteiger partial charge on any atom is 0.334 e. The summed E-state index contributed by atoms with van der Waals surface area (Å²) < 4.78 is 15.3. The Morgan fingerprint density at radius 3 is 2.48 bits per heavy atom. The van der Waals surface area contributed by atoms with E-state index < -0.39 is 18.4 Å². The molecule has 0 aliphatic heterocycles. The summed E-state index contributed by atoms with van der Waals surface area (Å²) in [7, 11) is 2.96. The second-order valence-corrected chi connectivity index (χ2v) is 4.04. The lowest BCUT2D eigenvalue weighted by atomic mass is 10.1. The molecule has 0 fully saturated rings. The van der Waals surface area contributed by atoms with Gasteiger partial charge in [-0.1, -0.05) is 12.1 Å². The molecule has 1 aromatic rings. The minimum atomic E-state index is -1.11. The van der Waals surface area contributed by atoms with Crippen LogP contribution in [-0.2, 0) is 14.3 Å². The number of aliphatic carboxylic acids is 1. The quantitative estimate of drug-likeness (QED) is 0.612. The summed E-state index contributed by atoms with van der Waals surface area (Å²) in [6.07, 6.45) is 1.01. The number of esters is 1. The number of ether oxygens (including phenoxy) is 3. The maximum atomic E-state index is 11.8. The van der Waals surface area contributed by atoms with Crippen LogP contribution in [-0.4, -0.2) is 37.9 Å². The molecule has 0 saturated carbocycles. The molecule has 6 nitrogen and oxygen atoms in total. The Morgan fingerprint density at radius 1 is 1.24 bits per heavy atom. The van der Waals surface area contributed by atoms with Gasteiger partial charge in [0, 0.05) is 11.1 Å². The molecule has 1 rings (SSSR count). The molecule has 6 heteroatoms. The Kier molecular flexibility index (Phi) is 6.26. The molecule has 0 bridgehead atoms. The number of carbonyl (C=O) groups excluding carboxylic acids is 1. The Bertz CT molecular complexity index is 547. The van der Waals surface area contributed by atoms with Gasteiger partial charge in [-0.2, -0.15) is 0 Å². The first-order valence-electron chi connectivity index (χ1n) is 6.33. The van der Waals surface area contributed by atoms with Gasteiger partial charge in [-0.15, -0.1) is 0 Å². The lowest BCUT2D eigenvalue weighted by molar-refractivity contribution is -0.142. The first kappa shape index (κ1) is 16.6. The van der Waals surface area contributed by atoms with Crippen LogP contribution in [0.5, 0.6) is 11.5 Å². The molecule has 0 unspecified atom stereocenters. The van der Waals surface area contributed by atoms with Crippen molar-refractivity contribution in [2.24, 2.45) is 0 Å². The third-order valence-electron chi connectivity index (χ3n) is 2.64. The van der Waals surface area contributed by atoms with Gasteiger partial charge in [0.15, 0.2) is 11.5 Å². The zero-order chi connectivity index (χ0) is 15.8. The van der Waals surface area contributed by atoms with E-state index in [4.69, 9.17) is 19.3 Å². The van der Waals surface area contributed by atoms with Crippen molar-refractivity contribution in [3.8, 4) is 11.5 Å². The van der Waals surface area contributed by atoms with Crippen LogP contribution in [0.3, 0.4) is 0 Å². The number of rotatable bonds is 7. The van der Waals surface area contributed by atoms with Crippen molar-refractivity contribution in [1.82, 2.24) is 0 Å². The molecule has 1 aromatic carbocycles. The molecule has 0 amide bonds. The molecule has 0 aliphatic rings. The van der Waals surface area contributed by atoms with E-state index in [1.54, 1.807) is 25.1 Å². The number of carboxylic acid groups (broad SMARTS) is 1. The molecular formula is C15H18O6. The van der Waals surface area contributed by atoms with Gasteiger partial charge in [-0.05, 0) is 19.1 Å². The Morgan fingerprint density at radius 2 is 1.95 bits per heavy atom. The summed E-state index contributed by atoms with van der Waals surface area (Å²) in [6.45, 7) is 1.83. The summed E-state index contributed by atoms with van der Waals surface area (Å²) in [6, 6.07) is 5.12. The summed E-state index contributed by atoms with van der Waals surface area (Å²) in [5, 5.41) is 8.90. The number of carbonyl (C=O) groups is 2. The van der Waals surface area contributed by atoms with E-state index >= 15 is 0 Å². The highest BCUT2D eigenvalue weighted by Gasteiger charge is 2.16. The van der Waals surface area contributed by atoms with Crippen molar-refractivity contribution in [1.29, 1.82) is 0 Å². The van der Waals surface area contributed by atoms with E-state index in [1.807, 2.05) is 0 Å². The molecule has 0 radical (unpaired) electrons. The van der Waals surface area contributed by atoms with Gasteiger partial charge >= 0.3 is 11.9 Å². The standard InChI is InChI=1S/C15H18O6/c1-4-21-15(18)11(9-13(16)17)8-10-6-5-7-12(19-2)14(10)20-3/h5-8H,4,9H2,1-3H3,(H,16,17). The van der Waals surface area contributed by atoms with Crippen LogP contribution in [0.15, 0.2) is 23.8 Å². The van der Waals surface area contributed by atoms with Gasteiger partial charge in [0.25, 0.3) is 0 Å². The van der Waals surface area contributed by atoms with Crippen LogP contribution in [0.25, 0.3) is 6.08 Å². The predicted molar refractivity (Wildman–Crippen MR) is 76.4 cm³/mol. The monoisotopic (exact) mass is 294 g/mol. The van der Waals surface area contributed by atoms with E-state index in [9.17, 15) is 9.59 Å². The fraction of sp³-hybridized carbons (Fsp3) is 0.333. The second kappa shape index (κ2) is 7.94. The smallest absolute Gasteiger partial charge is 0.334 e. The van der Waals surface area contributed by atoms with E-state index in [1.165, 1.54) is 20.3 Å². The molecule has 0 heterocycles. The van der Waals surface area contributed by atoms with E-state index in [0.29, 0.717) is 17.1 Å². The normalized spacial score (nSPS) is 10.9. The third kappa shape index (κ3) is 4.52. The average molecular weight is 294 g/mol. The molecule has 0 aromatic heterocycles. The number of methoxy groups -OCH3 is 2. The highest BCUT2D eigenvalue weighted by atomic mass is 16.5. The zero-order valence-electron chi connectivity index (χ0n) is 12.2. The Labute approximate surface area is 122 Å². The van der Waals surface area contributed by atoms with Gasteiger partial charge in [0.1, 0.15) is 0 Å². The van der Waals surface area contributed by atoms with Gasteiger partial charge in [0.2, 0.25) is 0 Å². The van der Waals surface area contributed by atoms with Crippen molar-refractivity contribution in [2.75, 3.05) is 20.8 Å². The Hall–Kier alpha value is -2.50. The molecule has 21 heavy (non-hydrogen) atoms. The van der Waals surface area contributed by atoms with E-state index in [-0.39, 0.29) is 12.2 Å². The Balaban J connectivity index is 3.26. The minimum Gasteiger partial charge on any atom is -0.493 e. The lowest BCUT2D eigenvalue weighted by Gasteiger charge is -2.11. The van der Waals surface area contributed by atoms with Gasteiger partial charge in [-0.25, -0.2) is 4.79 Å². The zero-order valence-corrected chi connectivity index (χ0v) is 12.2. The molecule has 0 spiro atoms. The molecular weight excluding hydrogens is 276 g/mol. The number of para-hydroxylation sites is 1. The topological polar surface area (TPSA) is 82.1 Å². The molecule has 0 saturated heterocycles. The van der Waals surface area contributed by atoms with Crippen LogP contribution < -0.4 is 9.47 Å². The largest absolute Gasteiger partial charge is 0.493 e. The average Bonchev–Trinajstić information content (AvgIpc) is 2.45. The van der Waals surface area contributed by atoms with E-state index in [0.717, 1.165) is 0 Å². The van der Waals surface area contributed by atoms with Gasteiger partial charge < -0.3 is 19.3 Å². The van der Waals surface area contributed by atoms with Crippen LogP contribution in [0, 0.1) is 0 Å². The predicted octanol–water partition coefficient (Wildman–Crippen LogP) is 2.12. The van der Waals surface area contributed by atoms with Crippen LogP contribution in [0.4, 0.5) is 0 Å². The summed E-state index contributed by atoms with van der Waals surface area (Å²) >= 11 is 0. The van der Waals surface area contributed by atoms with Crippen molar-refractivity contribution >= 4 is 18.0 Å². The van der Waals surface area contributed by atoms with Crippen LogP contribution in [0.1, 0.15) is 18.9 Å². The first-order chi connectivity index (χ1) is 10.0. The maximum absolute atomic E-state index is 11.8. The molecule has 114 valence electrons. The number of hydrogen-bond donors (Lipinski definition) is 1. The summed E-state index contributed by atoms with van der Waals surface area (Å²) in [5.41, 5.74) is 0.581. The minimum absolute atomic E-state index is 0.0379. The number of hydrogen-bond acceptors (Lipinski definition) is 5. The van der Waals surface area contributed by atoms with Crippen LogP contribution >= 0.6 is 0 Å². The van der Waals surface area contributed by atoms with Gasteiger partial charge in [0.05, 0.1) is 27.2 Å². The highest BCUT2D eigenvalue weighted by Crippen LogP contribution is 2.32. The second-order valence-electron chi connectivity index (χ2n) is 4.04. The van der Waals surface area contributed by atoms with E-state index in [2.05, 4.69) is 0 Å². The first-order valence-corrected chi connectivity index (χ1v) is 6.33. The lowest BCUT2D eigenvalue weighted by Crippen LogP contribution is -2.11. The van der Waals surface area contributed by atoms with Gasteiger partial charge in [-0.3, -0.25) is 4.79 Å². The fourth-order valence-electron chi connectivity index (χ4n) is 1.78. The highest BCUT2D eigenvalue weighted by molar-refractivity contribution is 5.98. The molecule has 1 N–H and O–H groups in total. The molecule has 0 aliphatic carbocycles. The summed E-state index contributed by atoms with van der Waals surface area (Å²) in [5.74, 6) is -0.863. The van der Waals surface area contributed by atoms with Crippen molar-refractivity contribution in [2.45, 2.75) is 13.3 Å². The van der Waals surface area contributed by atoms with Crippen molar-refractivity contribution < 1.29 is 28.9 Å². The summed E-state index contributed by atoms with van der Waals surface area (Å²) in [4.78, 5) is 22.7.